The van der Waals surface area contributed by atoms with Crippen molar-refractivity contribution in [3.63, 3.8) is 0 Å². The average Bonchev–Trinajstić information content (AvgIpc) is 2.55. The van der Waals surface area contributed by atoms with E-state index in [0.717, 1.165) is 23.5 Å². The molecule has 0 bridgehead atoms. The average molecular weight is 345 g/mol. The Labute approximate surface area is 141 Å². The number of anilines is 1. The van der Waals surface area contributed by atoms with E-state index in [1.165, 1.54) is 12.1 Å². The molecule has 0 aliphatic carbocycles. The first-order chi connectivity index (χ1) is 11.7. The quantitative estimate of drug-likeness (QED) is 0.743. The number of nitrogens with zero attached hydrogens (tertiary/aromatic N) is 2. The molecule has 1 amide bonds. The number of carbonyl (C=O) groups excluding carboxylic acids is 1. The minimum Gasteiger partial charge on any atom is -0.322 e. The summed E-state index contributed by atoms with van der Waals surface area (Å²) in [6.45, 7) is 3.68. The third-order valence-electron chi connectivity index (χ3n) is 3.81. The number of alkyl halides is 3. The zero-order valence-electron chi connectivity index (χ0n) is 13.5. The number of carbonyl (C=O) groups is 1. The molecule has 1 N–H and O–H groups in total. The van der Waals surface area contributed by atoms with Gasteiger partial charge in [-0.1, -0.05) is 0 Å². The van der Waals surface area contributed by atoms with E-state index in [9.17, 15) is 18.0 Å². The van der Waals surface area contributed by atoms with E-state index < -0.39 is 17.6 Å². The van der Waals surface area contributed by atoms with Crippen LogP contribution < -0.4 is 5.32 Å². The van der Waals surface area contributed by atoms with Gasteiger partial charge in [-0.3, -0.25) is 4.79 Å². The molecular weight excluding hydrogens is 331 g/mol. The van der Waals surface area contributed by atoms with Gasteiger partial charge >= 0.3 is 6.18 Å². The van der Waals surface area contributed by atoms with Crippen LogP contribution in [0.15, 0.2) is 42.5 Å². The zero-order valence-corrected chi connectivity index (χ0v) is 13.5. The maximum absolute atomic E-state index is 12.6. The standard InChI is InChI=1S/C18H14F3N3O/c1-10-11(2)23-16-9-12(3-8-15(16)22-10)17(25)24-14-6-4-13(5-7-14)18(19,20)21/h3-9H,1-2H3,(H,24,25). The summed E-state index contributed by atoms with van der Waals surface area (Å²) in [6, 6.07) is 9.18. The Morgan fingerprint density at radius 2 is 1.52 bits per heavy atom. The SMILES string of the molecule is Cc1nc2ccc(C(=O)Nc3ccc(C(F)(F)F)cc3)cc2nc1C. The van der Waals surface area contributed by atoms with E-state index in [1.54, 1.807) is 18.2 Å². The zero-order chi connectivity index (χ0) is 18.2. The number of fused-ring (bicyclic) bond motifs is 1. The summed E-state index contributed by atoms with van der Waals surface area (Å²) in [5.41, 5.74) is 2.71. The van der Waals surface area contributed by atoms with Gasteiger partial charge in [0.2, 0.25) is 0 Å². The molecule has 0 aliphatic rings. The summed E-state index contributed by atoms with van der Waals surface area (Å²) in [4.78, 5) is 21.1. The van der Waals surface area contributed by atoms with Crippen molar-refractivity contribution in [3.8, 4) is 0 Å². The second-order valence-electron chi connectivity index (χ2n) is 5.63. The molecule has 2 aromatic carbocycles. The van der Waals surface area contributed by atoms with Crippen molar-refractivity contribution in [2.24, 2.45) is 0 Å². The lowest BCUT2D eigenvalue weighted by atomic mass is 10.1. The summed E-state index contributed by atoms with van der Waals surface area (Å²) < 4.78 is 37.7. The topological polar surface area (TPSA) is 54.9 Å². The molecule has 25 heavy (non-hydrogen) atoms. The van der Waals surface area contributed by atoms with Crippen molar-refractivity contribution in [1.82, 2.24) is 9.97 Å². The molecule has 0 unspecified atom stereocenters. The van der Waals surface area contributed by atoms with E-state index in [4.69, 9.17) is 0 Å². The Bertz CT molecular complexity index is 950. The first-order valence-corrected chi connectivity index (χ1v) is 7.47. The van der Waals surface area contributed by atoms with Gasteiger partial charge in [0.1, 0.15) is 0 Å². The van der Waals surface area contributed by atoms with Crippen LogP contribution in [0.3, 0.4) is 0 Å². The fourth-order valence-electron chi connectivity index (χ4n) is 2.32. The minimum absolute atomic E-state index is 0.282. The number of halogens is 3. The molecule has 0 radical (unpaired) electrons. The highest BCUT2D eigenvalue weighted by molar-refractivity contribution is 6.05. The molecule has 0 saturated heterocycles. The number of amides is 1. The predicted molar refractivity (Wildman–Crippen MR) is 88.4 cm³/mol. The molecule has 0 spiro atoms. The number of rotatable bonds is 2. The summed E-state index contributed by atoms with van der Waals surface area (Å²) >= 11 is 0. The van der Waals surface area contributed by atoms with E-state index >= 15 is 0 Å². The lowest BCUT2D eigenvalue weighted by Gasteiger charge is -2.09. The van der Waals surface area contributed by atoms with E-state index in [0.29, 0.717) is 16.6 Å². The Balaban J connectivity index is 1.83. The minimum atomic E-state index is -4.41. The van der Waals surface area contributed by atoms with Gasteiger partial charge in [0.25, 0.3) is 5.91 Å². The van der Waals surface area contributed by atoms with Gasteiger partial charge in [0.15, 0.2) is 0 Å². The normalized spacial score (nSPS) is 11.6. The second kappa shape index (κ2) is 6.16. The van der Waals surface area contributed by atoms with Crippen molar-refractivity contribution in [2.75, 3.05) is 5.32 Å². The van der Waals surface area contributed by atoms with Crippen LogP contribution in [-0.4, -0.2) is 15.9 Å². The maximum Gasteiger partial charge on any atom is 0.416 e. The Morgan fingerprint density at radius 3 is 2.12 bits per heavy atom. The van der Waals surface area contributed by atoms with Gasteiger partial charge in [0.05, 0.1) is 28.0 Å². The molecule has 0 atom stereocenters. The van der Waals surface area contributed by atoms with Gasteiger partial charge in [-0.05, 0) is 56.3 Å². The first kappa shape index (κ1) is 16.9. The van der Waals surface area contributed by atoms with E-state index in [-0.39, 0.29) is 5.69 Å². The molecule has 3 aromatic rings. The molecule has 1 aromatic heterocycles. The third kappa shape index (κ3) is 3.60. The number of aryl methyl sites for hydroxylation is 2. The number of aromatic nitrogens is 2. The van der Waals surface area contributed by atoms with E-state index in [2.05, 4.69) is 15.3 Å². The Hall–Kier alpha value is -2.96. The molecule has 3 rings (SSSR count). The number of hydrogen-bond donors (Lipinski definition) is 1. The molecule has 7 heteroatoms. The van der Waals surface area contributed by atoms with E-state index in [1.807, 2.05) is 13.8 Å². The summed E-state index contributed by atoms with van der Waals surface area (Å²) in [5.74, 6) is -0.429. The summed E-state index contributed by atoms with van der Waals surface area (Å²) in [6.07, 6.45) is -4.41. The number of benzene rings is 2. The first-order valence-electron chi connectivity index (χ1n) is 7.47. The van der Waals surface area contributed by atoms with Gasteiger partial charge in [0, 0.05) is 11.3 Å². The Kier molecular flexibility index (Phi) is 4.16. The molecular formula is C18H14F3N3O. The molecule has 0 fully saturated rings. The van der Waals surface area contributed by atoms with Crippen molar-refractivity contribution in [3.05, 3.63) is 65.0 Å². The second-order valence-corrected chi connectivity index (χ2v) is 5.63. The summed E-state index contributed by atoms with van der Waals surface area (Å²) in [5, 5.41) is 2.57. The largest absolute Gasteiger partial charge is 0.416 e. The third-order valence-corrected chi connectivity index (χ3v) is 3.81. The summed E-state index contributed by atoms with van der Waals surface area (Å²) in [7, 11) is 0. The Morgan fingerprint density at radius 1 is 0.920 bits per heavy atom. The van der Waals surface area contributed by atoms with Crippen molar-refractivity contribution in [1.29, 1.82) is 0 Å². The number of hydrogen-bond acceptors (Lipinski definition) is 3. The lowest BCUT2D eigenvalue weighted by Crippen LogP contribution is -2.12. The molecule has 1 heterocycles. The van der Waals surface area contributed by atoms with Crippen LogP contribution in [0, 0.1) is 13.8 Å². The molecule has 0 aliphatic heterocycles. The van der Waals surface area contributed by atoms with Crippen LogP contribution in [0.2, 0.25) is 0 Å². The monoisotopic (exact) mass is 345 g/mol. The van der Waals surface area contributed by atoms with Gasteiger partial charge in [-0.15, -0.1) is 0 Å². The van der Waals surface area contributed by atoms with Crippen LogP contribution in [-0.2, 0) is 6.18 Å². The van der Waals surface area contributed by atoms with Crippen LogP contribution in [0.5, 0.6) is 0 Å². The van der Waals surface area contributed by atoms with Gasteiger partial charge < -0.3 is 5.32 Å². The predicted octanol–water partition coefficient (Wildman–Crippen LogP) is 4.52. The number of nitrogens with one attached hydrogen (secondary N) is 1. The van der Waals surface area contributed by atoms with Crippen molar-refractivity contribution in [2.45, 2.75) is 20.0 Å². The van der Waals surface area contributed by atoms with Crippen LogP contribution >= 0.6 is 0 Å². The lowest BCUT2D eigenvalue weighted by molar-refractivity contribution is -0.137. The van der Waals surface area contributed by atoms with Crippen LogP contribution in [0.25, 0.3) is 11.0 Å². The highest BCUT2D eigenvalue weighted by Gasteiger charge is 2.30. The van der Waals surface area contributed by atoms with Crippen LogP contribution in [0.4, 0.5) is 18.9 Å². The fourth-order valence-corrected chi connectivity index (χ4v) is 2.32. The van der Waals surface area contributed by atoms with Gasteiger partial charge in [-0.2, -0.15) is 13.2 Å². The molecule has 128 valence electrons. The highest BCUT2D eigenvalue weighted by Crippen LogP contribution is 2.29. The van der Waals surface area contributed by atoms with Crippen molar-refractivity contribution < 1.29 is 18.0 Å². The highest BCUT2D eigenvalue weighted by atomic mass is 19.4. The fraction of sp³-hybridized carbons (Fsp3) is 0.167. The maximum atomic E-state index is 12.6. The molecule has 4 nitrogen and oxygen atoms in total. The molecule has 0 saturated carbocycles. The van der Waals surface area contributed by atoms with Crippen molar-refractivity contribution >= 4 is 22.6 Å². The van der Waals surface area contributed by atoms with Gasteiger partial charge in [-0.25, -0.2) is 9.97 Å². The van der Waals surface area contributed by atoms with Crippen LogP contribution in [0.1, 0.15) is 27.3 Å². The smallest absolute Gasteiger partial charge is 0.322 e.